The summed E-state index contributed by atoms with van der Waals surface area (Å²) in [4.78, 5) is 0.0765. The maximum Gasteiger partial charge on any atom is 0.203 e. The minimum Gasteiger partial charge on any atom is -0.495 e. The summed E-state index contributed by atoms with van der Waals surface area (Å²) in [5.74, 6) is 2.41. The molecular formula is C27H29ClO8S. The van der Waals surface area contributed by atoms with Crippen LogP contribution in [0.3, 0.4) is 0 Å². The van der Waals surface area contributed by atoms with Crippen LogP contribution in [0.25, 0.3) is 12.2 Å². The number of sulfone groups is 1. The molecule has 198 valence electrons. The molecule has 3 aromatic rings. The highest BCUT2D eigenvalue weighted by molar-refractivity contribution is 7.90. The van der Waals surface area contributed by atoms with Crippen molar-refractivity contribution in [3.8, 4) is 34.5 Å². The van der Waals surface area contributed by atoms with Crippen molar-refractivity contribution in [2.45, 2.75) is 10.6 Å². The summed E-state index contributed by atoms with van der Waals surface area (Å²) >= 11 is 6.18. The minimum atomic E-state index is -3.77. The molecule has 0 spiro atoms. The van der Waals surface area contributed by atoms with Crippen molar-refractivity contribution in [1.82, 2.24) is 0 Å². The van der Waals surface area contributed by atoms with Gasteiger partial charge in [0.05, 0.1) is 58.3 Å². The Morgan fingerprint density at radius 3 is 1.76 bits per heavy atom. The molecule has 0 aliphatic rings. The van der Waals surface area contributed by atoms with Gasteiger partial charge in [0.25, 0.3) is 0 Å². The van der Waals surface area contributed by atoms with Gasteiger partial charge in [-0.2, -0.15) is 0 Å². The van der Waals surface area contributed by atoms with E-state index in [1.807, 2.05) is 6.08 Å². The average molecular weight is 549 g/mol. The zero-order valence-electron chi connectivity index (χ0n) is 21.5. The Balaban J connectivity index is 2.08. The molecule has 0 aromatic heterocycles. The summed E-state index contributed by atoms with van der Waals surface area (Å²) in [6.07, 6.45) is 3.60. The molecule has 0 atom stereocenters. The van der Waals surface area contributed by atoms with Gasteiger partial charge < -0.3 is 28.4 Å². The average Bonchev–Trinajstić information content (AvgIpc) is 2.90. The fourth-order valence-corrected chi connectivity index (χ4v) is 5.45. The Kier molecular flexibility index (Phi) is 9.18. The largest absolute Gasteiger partial charge is 0.495 e. The van der Waals surface area contributed by atoms with Crippen molar-refractivity contribution in [2.75, 3.05) is 42.7 Å². The summed E-state index contributed by atoms with van der Waals surface area (Å²) in [6, 6.07) is 11.3. The van der Waals surface area contributed by atoms with Gasteiger partial charge in [0.2, 0.25) is 5.75 Å². The molecule has 0 aliphatic carbocycles. The number of benzene rings is 3. The molecule has 0 saturated carbocycles. The van der Waals surface area contributed by atoms with E-state index >= 15 is 0 Å². The summed E-state index contributed by atoms with van der Waals surface area (Å²) in [5, 5.41) is 0.207. The van der Waals surface area contributed by atoms with Crippen LogP contribution in [0.15, 0.2) is 47.4 Å². The molecule has 0 saturated heterocycles. The van der Waals surface area contributed by atoms with E-state index in [0.29, 0.717) is 45.6 Å². The van der Waals surface area contributed by atoms with Crippen LogP contribution in [0.4, 0.5) is 0 Å². The zero-order valence-corrected chi connectivity index (χ0v) is 23.0. The molecule has 0 N–H and O–H groups in total. The van der Waals surface area contributed by atoms with Gasteiger partial charge in [-0.25, -0.2) is 8.42 Å². The van der Waals surface area contributed by atoms with Gasteiger partial charge in [0.15, 0.2) is 32.8 Å². The molecule has 10 heteroatoms. The van der Waals surface area contributed by atoms with E-state index in [1.54, 1.807) is 30.3 Å². The van der Waals surface area contributed by atoms with E-state index in [1.165, 1.54) is 60.9 Å². The van der Waals surface area contributed by atoms with Crippen molar-refractivity contribution in [1.29, 1.82) is 0 Å². The van der Waals surface area contributed by atoms with E-state index in [0.717, 1.165) is 5.56 Å². The predicted molar refractivity (Wildman–Crippen MR) is 143 cm³/mol. The van der Waals surface area contributed by atoms with Crippen LogP contribution in [0, 0.1) is 0 Å². The third-order valence-electron chi connectivity index (χ3n) is 5.62. The van der Waals surface area contributed by atoms with Gasteiger partial charge in [-0.15, -0.1) is 0 Å². The van der Waals surface area contributed by atoms with Crippen LogP contribution < -0.4 is 28.4 Å². The molecule has 3 aromatic carbocycles. The first-order valence-electron chi connectivity index (χ1n) is 11.0. The summed E-state index contributed by atoms with van der Waals surface area (Å²) in [7, 11) is 5.30. The lowest BCUT2D eigenvalue weighted by Gasteiger charge is -2.15. The zero-order chi connectivity index (χ0) is 27.2. The highest BCUT2D eigenvalue weighted by Gasteiger charge is 2.21. The van der Waals surface area contributed by atoms with Crippen molar-refractivity contribution >= 4 is 33.6 Å². The fraction of sp³-hybridized carbons (Fsp3) is 0.259. The molecular weight excluding hydrogens is 520 g/mol. The van der Waals surface area contributed by atoms with E-state index in [-0.39, 0.29) is 15.7 Å². The number of hydrogen-bond acceptors (Lipinski definition) is 8. The topological polar surface area (TPSA) is 89.5 Å². The first-order chi connectivity index (χ1) is 17.7. The molecule has 0 radical (unpaired) electrons. The predicted octanol–water partition coefficient (Wildman–Crippen LogP) is 5.54. The molecule has 37 heavy (non-hydrogen) atoms. The van der Waals surface area contributed by atoms with Crippen molar-refractivity contribution in [3.05, 3.63) is 64.2 Å². The lowest BCUT2D eigenvalue weighted by atomic mass is 10.1. The Bertz CT molecular complexity index is 1370. The minimum absolute atomic E-state index is 0.0765. The van der Waals surface area contributed by atoms with E-state index in [2.05, 4.69) is 0 Å². The van der Waals surface area contributed by atoms with E-state index < -0.39 is 9.84 Å². The monoisotopic (exact) mass is 548 g/mol. The number of methoxy groups -OCH3 is 6. The van der Waals surface area contributed by atoms with Crippen LogP contribution in [0.2, 0.25) is 5.02 Å². The molecule has 0 heterocycles. The van der Waals surface area contributed by atoms with Crippen LogP contribution in [-0.4, -0.2) is 51.1 Å². The SMILES string of the molecule is COc1ccc(S(=O)(=O)Cc2cc(OC)c(OC)cc2/C=C\c2cc(OC)c(OC)c(OC)c2)cc1Cl. The van der Waals surface area contributed by atoms with Gasteiger partial charge >= 0.3 is 0 Å². The van der Waals surface area contributed by atoms with Gasteiger partial charge in [0.1, 0.15) is 5.75 Å². The first-order valence-corrected chi connectivity index (χ1v) is 13.0. The molecule has 3 rings (SSSR count). The van der Waals surface area contributed by atoms with Gasteiger partial charge in [-0.3, -0.25) is 0 Å². The quantitative estimate of drug-likeness (QED) is 0.289. The van der Waals surface area contributed by atoms with E-state index in [9.17, 15) is 8.42 Å². The second-order valence-corrected chi connectivity index (χ2v) is 10.2. The second kappa shape index (κ2) is 12.1. The smallest absolute Gasteiger partial charge is 0.203 e. The Morgan fingerprint density at radius 2 is 1.24 bits per heavy atom. The van der Waals surface area contributed by atoms with Crippen LogP contribution in [0.5, 0.6) is 34.5 Å². The highest BCUT2D eigenvalue weighted by atomic mass is 35.5. The lowest BCUT2D eigenvalue weighted by molar-refractivity contribution is 0.324. The third kappa shape index (κ3) is 6.23. The third-order valence-corrected chi connectivity index (χ3v) is 7.57. The highest BCUT2D eigenvalue weighted by Crippen LogP contribution is 2.39. The molecule has 0 unspecified atom stereocenters. The molecule has 0 aliphatic heterocycles. The van der Waals surface area contributed by atoms with Crippen LogP contribution in [0.1, 0.15) is 16.7 Å². The summed E-state index contributed by atoms with van der Waals surface area (Å²) in [6.45, 7) is 0. The number of rotatable bonds is 11. The summed E-state index contributed by atoms with van der Waals surface area (Å²) < 4.78 is 58.9. The lowest BCUT2D eigenvalue weighted by Crippen LogP contribution is -2.07. The summed E-state index contributed by atoms with van der Waals surface area (Å²) in [5.41, 5.74) is 1.88. The maximum atomic E-state index is 13.3. The molecule has 0 fully saturated rings. The molecule has 0 amide bonds. The van der Waals surface area contributed by atoms with Crippen molar-refractivity contribution < 1.29 is 36.8 Å². The van der Waals surface area contributed by atoms with Crippen molar-refractivity contribution in [3.63, 3.8) is 0 Å². The maximum absolute atomic E-state index is 13.3. The molecule has 8 nitrogen and oxygen atoms in total. The Morgan fingerprint density at radius 1 is 0.676 bits per heavy atom. The standard InChI is InChI=1S/C27H29ClO8S/c1-31-22-10-9-20(15-21(22)28)37(29,30)16-19-14-24(33-3)23(32-2)13-18(19)8-7-17-11-25(34-4)27(36-6)26(12-17)35-5/h7-15H,16H2,1-6H3/b8-7-. The Hall–Kier alpha value is -3.56. The first kappa shape index (κ1) is 28.0. The van der Waals surface area contributed by atoms with Crippen LogP contribution >= 0.6 is 11.6 Å². The Labute approximate surface area is 222 Å². The van der Waals surface area contributed by atoms with Gasteiger partial charge in [-0.05, 0) is 59.2 Å². The number of ether oxygens (including phenoxy) is 6. The van der Waals surface area contributed by atoms with Gasteiger partial charge in [0, 0.05) is 0 Å². The van der Waals surface area contributed by atoms with Crippen molar-refractivity contribution in [2.24, 2.45) is 0 Å². The van der Waals surface area contributed by atoms with Crippen LogP contribution in [-0.2, 0) is 15.6 Å². The number of hydrogen-bond donors (Lipinski definition) is 0. The normalized spacial score (nSPS) is 11.3. The molecule has 0 bridgehead atoms. The van der Waals surface area contributed by atoms with E-state index in [4.69, 9.17) is 40.0 Å². The van der Waals surface area contributed by atoms with Gasteiger partial charge in [-0.1, -0.05) is 23.8 Å². The number of halogens is 1. The fourth-order valence-electron chi connectivity index (χ4n) is 3.73. The second-order valence-electron chi connectivity index (χ2n) is 7.75.